The van der Waals surface area contributed by atoms with E-state index in [9.17, 15) is 0 Å². The van der Waals surface area contributed by atoms with Crippen molar-refractivity contribution in [2.24, 2.45) is 10.5 Å². The molecule has 24 heavy (non-hydrogen) atoms. The Labute approximate surface area is 142 Å². The smallest absolute Gasteiger partial charge is 0.168 e. The number of fused-ring (bicyclic) bond motifs is 1. The second kappa shape index (κ2) is 8.44. The third kappa shape index (κ3) is 3.83. The Morgan fingerprint density at radius 3 is 2.58 bits per heavy atom. The van der Waals surface area contributed by atoms with E-state index in [0.717, 1.165) is 0 Å². The molecule has 2 fully saturated rings. The number of hydrogen-bond acceptors (Lipinski definition) is 7. The molecule has 0 N–H and O–H groups in total. The van der Waals surface area contributed by atoms with Gasteiger partial charge in [-0.2, -0.15) is 0 Å². The number of azide groups is 1. The van der Waals surface area contributed by atoms with Crippen molar-refractivity contribution in [3.63, 3.8) is 0 Å². The molecule has 9 heteroatoms. The summed E-state index contributed by atoms with van der Waals surface area (Å²) < 4.78 is 33.8. The molecule has 138 valence electrons. The molecule has 0 amide bonds. The monoisotopic (exact) mass is 345 g/mol. The van der Waals surface area contributed by atoms with Crippen molar-refractivity contribution in [2.45, 2.75) is 57.0 Å². The average molecular weight is 345 g/mol. The van der Waals surface area contributed by atoms with E-state index in [2.05, 4.69) is 23.9 Å². The highest BCUT2D eigenvalue weighted by molar-refractivity contribution is 5.02. The van der Waals surface area contributed by atoms with Crippen LogP contribution in [-0.2, 0) is 28.4 Å². The lowest BCUT2D eigenvalue weighted by Crippen LogP contribution is -2.65. The highest BCUT2D eigenvalue weighted by Gasteiger charge is 2.55. The lowest BCUT2D eigenvalue weighted by Gasteiger charge is -2.53. The van der Waals surface area contributed by atoms with Gasteiger partial charge in [-0.15, -0.1) is 0 Å². The summed E-state index contributed by atoms with van der Waals surface area (Å²) >= 11 is 0. The average Bonchev–Trinajstić information content (AvgIpc) is 2.55. The van der Waals surface area contributed by atoms with Gasteiger partial charge in [0.15, 0.2) is 6.23 Å². The zero-order chi connectivity index (χ0) is 17.7. The molecular formula is C15H27N3O6. The van der Waals surface area contributed by atoms with Crippen LogP contribution in [-0.4, -0.2) is 71.5 Å². The van der Waals surface area contributed by atoms with Crippen molar-refractivity contribution in [1.29, 1.82) is 0 Å². The first-order chi connectivity index (χ1) is 11.5. The van der Waals surface area contributed by atoms with Crippen molar-refractivity contribution in [3.8, 4) is 0 Å². The number of rotatable bonds is 7. The quantitative estimate of drug-likeness (QED) is 0.396. The topological polar surface area (TPSA) is 104 Å². The van der Waals surface area contributed by atoms with Crippen LogP contribution in [0.4, 0.5) is 0 Å². The van der Waals surface area contributed by atoms with Crippen LogP contribution < -0.4 is 0 Å². The summed E-state index contributed by atoms with van der Waals surface area (Å²) in [5.41, 5.74) is 8.43. The summed E-state index contributed by atoms with van der Waals surface area (Å²) in [7, 11) is 4.93. The highest BCUT2D eigenvalue weighted by atomic mass is 16.7. The van der Waals surface area contributed by atoms with Crippen LogP contribution in [0.5, 0.6) is 0 Å². The van der Waals surface area contributed by atoms with Gasteiger partial charge in [-0.25, -0.2) is 0 Å². The molecule has 0 saturated carbocycles. The number of hydrogen-bond donors (Lipinski definition) is 0. The summed E-state index contributed by atoms with van der Waals surface area (Å²) in [6.07, 6.45) is -1.58. The van der Waals surface area contributed by atoms with E-state index < -0.39 is 12.3 Å². The Hall–Kier alpha value is -0.930. The predicted molar refractivity (Wildman–Crippen MR) is 84.3 cm³/mol. The molecule has 2 aliphatic rings. The van der Waals surface area contributed by atoms with Crippen molar-refractivity contribution in [2.75, 3.05) is 34.7 Å². The summed E-state index contributed by atoms with van der Waals surface area (Å²) in [4.78, 5) is 2.85. The normalized spacial score (nSPS) is 36.5. The molecule has 0 aromatic heterocycles. The summed E-state index contributed by atoms with van der Waals surface area (Å²) in [6.45, 7) is 4.65. The predicted octanol–water partition coefficient (Wildman–Crippen LogP) is 1.86. The van der Waals surface area contributed by atoms with Crippen molar-refractivity contribution >= 4 is 0 Å². The molecule has 0 bridgehead atoms. The molecule has 2 saturated heterocycles. The van der Waals surface area contributed by atoms with E-state index in [1.54, 1.807) is 21.3 Å². The van der Waals surface area contributed by atoms with E-state index in [1.165, 1.54) is 0 Å². The zero-order valence-corrected chi connectivity index (χ0v) is 14.9. The van der Waals surface area contributed by atoms with Gasteiger partial charge in [0.1, 0.15) is 19.0 Å². The molecule has 0 aromatic rings. The molecule has 9 nitrogen and oxygen atoms in total. The lowest BCUT2D eigenvalue weighted by molar-refractivity contribution is -0.327. The molecule has 2 aliphatic heterocycles. The Morgan fingerprint density at radius 1 is 1.25 bits per heavy atom. The summed E-state index contributed by atoms with van der Waals surface area (Å²) in [5, 5.41) is 3.70. The van der Waals surface area contributed by atoms with Gasteiger partial charge < -0.3 is 28.4 Å². The number of ether oxygens (including phenoxy) is 6. The first kappa shape index (κ1) is 19.4. The first-order valence-corrected chi connectivity index (χ1v) is 7.97. The van der Waals surface area contributed by atoms with Crippen molar-refractivity contribution in [3.05, 3.63) is 10.4 Å². The molecule has 2 rings (SSSR count). The van der Waals surface area contributed by atoms with Gasteiger partial charge in [0.05, 0.1) is 24.9 Å². The van der Waals surface area contributed by atoms with E-state index >= 15 is 0 Å². The molecule has 0 aliphatic carbocycles. The van der Waals surface area contributed by atoms with Gasteiger partial charge in [0, 0.05) is 38.1 Å². The Bertz CT molecular complexity index is 456. The summed E-state index contributed by atoms with van der Waals surface area (Å²) in [6, 6.07) is 0. The van der Waals surface area contributed by atoms with Crippen LogP contribution >= 0.6 is 0 Å². The zero-order valence-electron chi connectivity index (χ0n) is 14.9. The van der Waals surface area contributed by atoms with Gasteiger partial charge in [-0.3, -0.25) is 0 Å². The first-order valence-electron chi connectivity index (χ1n) is 7.97. The fraction of sp³-hybridized carbons (Fsp3) is 1.00. The van der Waals surface area contributed by atoms with Crippen LogP contribution in [0.3, 0.4) is 0 Å². The highest BCUT2D eigenvalue weighted by Crippen LogP contribution is 2.44. The minimum absolute atomic E-state index is 0.0409. The molecule has 6 atom stereocenters. The van der Waals surface area contributed by atoms with E-state index in [4.69, 9.17) is 34.0 Å². The standard InChI is InChI=1S/C15H27N3O6/c1-15(2)10(6-9(20-4)7-19-3)24-12-11(13(15)21-5)22-8-23-14(12)17-18-16/h9-14H,6-8H2,1-5H3/t9-,10+,11-,12-,13+,14+/m0/s1. The third-order valence-electron chi connectivity index (χ3n) is 4.87. The molecule has 0 unspecified atom stereocenters. The van der Waals surface area contributed by atoms with Gasteiger partial charge in [-0.05, 0) is 5.53 Å². The maximum absolute atomic E-state index is 8.77. The molecular weight excluding hydrogens is 318 g/mol. The van der Waals surface area contributed by atoms with Crippen LogP contribution in [0.25, 0.3) is 10.4 Å². The molecule has 0 aromatic carbocycles. The van der Waals surface area contributed by atoms with Crippen LogP contribution in [0.1, 0.15) is 20.3 Å². The van der Waals surface area contributed by atoms with Crippen LogP contribution in [0.2, 0.25) is 0 Å². The minimum Gasteiger partial charge on any atom is -0.382 e. The SMILES string of the molecule is COC[C@H](C[C@H]1O[C@H]2[C@H](OCO[C@H]2N=[N+]=[N-])[C@@H](OC)C1(C)C)OC. The van der Waals surface area contributed by atoms with Gasteiger partial charge >= 0.3 is 0 Å². The third-order valence-corrected chi connectivity index (χ3v) is 4.87. The Kier molecular flexibility index (Phi) is 6.82. The van der Waals surface area contributed by atoms with Gasteiger partial charge in [0.25, 0.3) is 0 Å². The lowest BCUT2D eigenvalue weighted by atomic mass is 9.72. The van der Waals surface area contributed by atoms with Crippen LogP contribution in [0, 0.1) is 5.41 Å². The Balaban J connectivity index is 2.25. The summed E-state index contributed by atoms with van der Waals surface area (Å²) in [5.74, 6) is 0. The second-order valence-corrected chi connectivity index (χ2v) is 6.63. The van der Waals surface area contributed by atoms with Crippen molar-refractivity contribution < 1.29 is 28.4 Å². The van der Waals surface area contributed by atoms with Crippen molar-refractivity contribution in [1.82, 2.24) is 0 Å². The maximum atomic E-state index is 8.77. The number of methoxy groups -OCH3 is 3. The molecule has 0 spiro atoms. The fourth-order valence-corrected chi connectivity index (χ4v) is 3.52. The molecule has 0 radical (unpaired) electrons. The van der Waals surface area contributed by atoms with Crippen LogP contribution in [0.15, 0.2) is 5.11 Å². The molecule has 2 heterocycles. The fourth-order valence-electron chi connectivity index (χ4n) is 3.52. The van der Waals surface area contributed by atoms with Gasteiger partial charge in [0.2, 0.25) is 0 Å². The van der Waals surface area contributed by atoms with E-state index in [1.807, 2.05) is 0 Å². The minimum atomic E-state index is -0.742. The largest absolute Gasteiger partial charge is 0.382 e. The second-order valence-electron chi connectivity index (χ2n) is 6.63. The van der Waals surface area contributed by atoms with E-state index in [0.29, 0.717) is 13.0 Å². The van der Waals surface area contributed by atoms with E-state index in [-0.39, 0.29) is 36.6 Å². The Morgan fingerprint density at radius 2 is 2.00 bits per heavy atom. The van der Waals surface area contributed by atoms with Gasteiger partial charge in [-0.1, -0.05) is 19.0 Å². The maximum Gasteiger partial charge on any atom is 0.168 e. The number of nitrogens with zero attached hydrogens (tertiary/aromatic N) is 3.